The second kappa shape index (κ2) is 7.55. The van der Waals surface area contributed by atoms with E-state index >= 15 is 0 Å². The highest BCUT2D eigenvalue weighted by Crippen LogP contribution is 2.17. The number of thioether (sulfide) groups is 1. The minimum Gasteiger partial charge on any atom is -0.355 e. The van der Waals surface area contributed by atoms with Crippen molar-refractivity contribution in [2.75, 3.05) is 19.3 Å². The van der Waals surface area contributed by atoms with Crippen LogP contribution in [0.15, 0.2) is 29.4 Å². The summed E-state index contributed by atoms with van der Waals surface area (Å²) in [5.74, 6) is 2.33. The van der Waals surface area contributed by atoms with Gasteiger partial charge in [0.2, 0.25) is 5.96 Å². The Morgan fingerprint density at radius 3 is 3.14 bits per heavy atom. The molecule has 0 aliphatic carbocycles. The van der Waals surface area contributed by atoms with E-state index in [1.54, 1.807) is 7.05 Å². The van der Waals surface area contributed by atoms with Gasteiger partial charge in [0.15, 0.2) is 6.19 Å². The summed E-state index contributed by atoms with van der Waals surface area (Å²) in [5.41, 5.74) is 3.29. The number of aromatic nitrogens is 2. The fourth-order valence-corrected chi connectivity index (χ4v) is 2.91. The first kappa shape index (κ1) is 15.2. The summed E-state index contributed by atoms with van der Waals surface area (Å²) in [6.07, 6.45) is 3.89. The van der Waals surface area contributed by atoms with Crippen molar-refractivity contribution in [3.8, 4) is 6.19 Å². The van der Waals surface area contributed by atoms with Crippen LogP contribution in [0, 0.1) is 18.4 Å². The molecule has 0 fully saturated rings. The summed E-state index contributed by atoms with van der Waals surface area (Å²) in [5, 5.41) is 14.1. The van der Waals surface area contributed by atoms with Crippen molar-refractivity contribution in [1.82, 2.24) is 20.0 Å². The van der Waals surface area contributed by atoms with Crippen molar-refractivity contribution in [2.45, 2.75) is 12.7 Å². The minimum absolute atomic E-state index is 0.504. The maximum absolute atomic E-state index is 8.53. The first-order valence-corrected chi connectivity index (χ1v) is 7.77. The lowest BCUT2D eigenvalue weighted by molar-refractivity contribution is 0.930. The summed E-state index contributed by atoms with van der Waals surface area (Å²) in [6, 6.07) is 6.03. The number of nitriles is 1. The van der Waals surface area contributed by atoms with E-state index in [0.29, 0.717) is 5.96 Å². The smallest absolute Gasteiger partial charge is 0.204 e. The normalized spacial score (nSPS) is 11.4. The number of rotatable bonds is 5. The van der Waals surface area contributed by atoms with E-state index in [1.165, 1.54) is 5.69 Å². The molecular weight excluding hydrogens is 284 g/mol. The Labute approximate surface area is 128 Å². The molecule has 21 heavy (non-hydrogen) atoms. The summed E-state index contributed by atoms with van der Waals surface area (Å²) in [4.78, 5) is 8.48. The predicted molar refractivity (Wildman–Crippen MR) is 86.2 cm³/mol. The highest BCUT2D eigenvalue weighted by molar-refractivity contribution is 7.98. The molecule has 0 saturated carbocycles. The SMILES string of the molecule is CN=C(NC#N)NCCSCc1c(C)nc2ccccn12. The van der Waals surface area contributed by atoms with Gasteiger partial charge in [-0.25, -0.2) is 4.98 Å². The van der Waals surface area contributed by atoms with Gasteiger partial charge in [-0.05, 0) is 19.1 Å². The third kappa shape index (κ3) is 3.89. The van der Waals surface area contributed by atoms with E-state index in [0.717, 1.165) is 29.4 Å². The monoisotopic (exact) mass is 302 g/mol. The lowest BCUT2D eigenvalue weighted by Gasteiger charge is -2.07. The molecule has 2 aromatic rings. The van der Waals surface area contributed by atoms with Gasteiger partial charge < -0.3 is 9.72 Å². The number of aryl methyl sites for hydroxylation is 1. The third-order valence-electron chi connectivity index (χ3n) is 3.00. The Balaban J connectivity index is 1.83. The molecule has 0 radical (unpaired) electrons. The third-order valence-corrected chi connectivity index (χ3v) is 3.97. The minimum atomic E-state index is 0.504. The first-order valence-electron chi connectivity index (χ1n) is 6.62. The van der Waals surface area contributed by atoms with Crippen LogP contribution >= 0.6 is 11.8 Å². The summed E-state index contributed by atoms with van der Waals surface area (Å²) >= 11 is 1.82. The van der Waals surface area contributed by atoms with E-state index < -0.39 is 0 Å². The molecule has 0 atom stereocenters. The zero-order chi connectivity index (χ0) is 15.1. The maximum atomic E-state index is 8.53. The highest BCUT2D eigenvalue weighted by atomic mass is 32.2. The average molecular weight is 302 g/mol. The average Bonchev–Trinajstić information content (AvgIpc) is 2.81. The summed E-state index contributed by atoms with van der Waals surface area (Å²) in [7, 11) is 1.64. The predicted octanol–water partition coefficient (Wildman–Crippen LogP) is 1.52. The van der Waals surface area contributed by atoms with Gasteiger partial charge >= 0.3 is 0 Å². The molecule has 0 amide bonds. The zero-order valence-corrected chi connectivity index (χ0v) is 12.9. The van der Waals surface area contributed by atoms with Gasteiger partial charge in [-0.15, -0.1) is 0 Å². The quantitative estimate of drug-likeness (QED) is 0.288. The van der Waals surface area contributed by atoms with E-state index in [1.807, 2.05) is 49.3 Å². The Morgan fingerprint density at radius 1 is 1.52 bits per heavy atom. The number of nitrogens with zero attached hydrogens (tertiary/aromatic N) is 4. The van der Waals surface area contributed by atoms with Gasteiger partial charge in [0.05, 0.1) is 11.4 Å². The number of hydrogen-bond donors (Lipinski definition) is 2. The van der Waals surface area contributed by atoms with Crippen LogP contribution in [-0.4, -0.2) is 34.7 Å². The van der Waals surface area contributed by atoms with Gasteiger partial charge in [0.25, 0.3) is 0 Å². The van der Waals surface area contributed by atoms with Crippen molar-refractivity contribution in [3.05, 3.63) is 35.8 Å². The topological polar surface area (TPSA) is 77.5 Å². The number of fused-ring (bicyclic) bond motifs is 1. The highest BCUT2D eigenvalue weighted by Gasteiger charge is 2.07. The number of guanidine groups is 1. The van der Waals surface area contributed by atoms with Crippen molar-refractivity contribution >= 4 is 23.4 Å². The molecule has 0 bridgehead atoms. The first-order chi connectivity index (χ1) is 10.3. The molecule has 110 valence electrons. The van der Waals surface area contributed by atoms with E-state index in [9.17, 15) is 0 Å². The molecular formula is C14H18N6S. The van der Waals surface area contributed by atoms with Crippen molar-refractivity contribution in [1.29, 1.82) is 5.26 Å². The maximum Gasteiger partial charge on any atom is 0.204 e. The van der Waals surface area contributed by atoms with Gasteiger partial charge in [0, 0.05) is 31.3 Å². The van der Waals surface area contributed by atoms with Gasteiger partial charge in [-0.1, -0.05) is 6.07 Å². The van der Waals surface area contributed by atoms with Gasteiger partial charge in [-0.2, -0.15) is 17.0 Å². The largest absolute Gasteiger partial charge is 0.355 e. The van der Waals surface area contributed by atoms with Crippen LogP contribution in [0.25, 0.3) is 5.65 Å². The van der Waals surface area contributed by atoms with Gasteiger partial charge in [0.1, 0.15) is 5.65 Å². The molecule has 7 heteroatoms. The molecule has 0 aliphatic rings. The Morgan fingerprint density at radius 2 is 2.38 bits per heavy atom. The summed E-state index contributed by atoms with van der Waals surface area (Å²) < 4.78 is 2.13. The second-order valence-electron chi connectivity index (χ2n) is 4.36. The zero-order valence-electron chi connectivity index (χ0n) is 12.1. The van der Waals surface area contributed by atoms with E-state index in [-0.39, 0.29) is 0 Å². The molecule has 2 N–H and O–H groups in total. The van der Waals surface area contributed by atoms with Crippen LogP contribution in [0.3, 0.4) is 0 Å². The van der Waals surface area contributed by atoms with Crippen LogP contribution in [0.4, 0.5) is 0 Å². The van der Waals surface area contributed by atoms with Crippen LogP contribution in [0.2, 0.25) is 0 Å². The van der Waals surface area contributed by atoms with Crippen LogP contribution in [-0.2, 0) is 5.75 Å². The Bertz CT molecular complexity index is 670. The number of nitrogens with one attached hydrogen (secondary N) is 2. The number of hydrogen-bond acceptors (Lipinski definition) is 4. The molecule has 0 unspecified atom stereocenters. The molecule has 0 spiro atoms. The lowest BCUT2D eigenvalue weighted by atomic mass is 10.4. The van der Waals surface area contributed by atoms with Gasteiger partial charge in [-0.3, -0.25) is 10.3 Å². The molecule has 2 heterocycles. The number of aliphatic imine (C=N–C) groups is 1. The molecule has 2 aromatic heterocycles. The molecule has 0 saturated heterocycles. The van der Waals surface area contributed by atoms with Crippen LogP contribution < -0.4 is 10.6 Å². The fourth-order valence-electron chi connectivity index (χ4n) is 1.98. The Hall–Kier alpha value is -2.20. The molecule has 2 rings (SSSR count). The van der Waals surface area contributed by atoms with Crippen molar-refractivity contribution < 1.29 is 0 Å². The van der Waals surface area contributed by atoms with E-state index in [4.69, 9.17) is 5.26 Å². The molecule has 6 nitrogen and oxygen atoms in total. The van der Waals surface area contributed by atoms with Crippen molar-refractivity contribution in [3.63, 3.8) is 0 Å². The molecule has 0 aromatic carbocycles. The molecule has 0 aliphatic heterocycles. The fraction of sp³-hybridized carbons (Fsp3) is 0.357. The van der Waals surface area contributed by atoms with E-state index in [2.05, 4.69) is 25.0 Å². The Kier molecular flexibility index (Phi) is 5.46. The van der Waals surface area contributed by atoms with Crippen LogP contribution in [0.5, 0.6) is 0 Å². The summed E-state index contributed by atoms with van der Waals surface area (Å²) in [6.45, 7) is 2.79. The standard InChI is InChI=1S/C14H18N6S/c1-11-12(20-7-4-3-5-13(20)19-11)9-21-8-6-17-14(16-2)18-10-15/h3-5,7H,6,8-9H2,1-2H3,(H2,16,17,18). The van der Waals surface area contributed by atoms with Crippen molar-refractivity contribution in [2.24, 2.45) is 4.99 Å². The number of imidazole rings is 1. The van der Waals surface area contributed by atoms with Crippen LogP contribution in [0.1, 0.15) is 11.4 Å². The lowest BCUT2D eigenvalue weighted by Crippen LogP contribution is -2.35. The second-order valence-corrected chi connectivity index (χ2v) is 5.47. The number of pyridine rings is 1.